The third kappa shape index (κ3) is 4.19. The molecule has 0 aliphatic heterocycles. The number of sulfonamides is 1. The normalized spacial score (nSPS) is 12.4. The number of aromatic nitrogens is 2. The predicted molar refractivity (Wildman–Crippen MR) is 78.0 cm³/mol. The van der Waals surface area contributed by atoms with E-state index < -0.39 is 33.1 Å². The highest BCUT2D eigenvalue weighted by atomic mass is 35.5. The molecule has 2 aromatic rings. The van der Waals surface area contributed by atoms with E-state index in [1.54, 1.807) is 0 Å². The molecule has 0 atom stereocenters. The lowest BCUT2D eigenvalue weighted by molar-refractivity contribution is -0.159. The number of anilines is 1. The standard InChI is InChI=1S/C10H5Cl3F3N3O3S/c11-3-23(20,21)19-7-1-4(5(12)2-6(7)13)8-17-9(22-18-8)10(14,15)16/h1-2,19H,3H2. The number of hydrogen-bond donors (Lipinski definition) is 1. The Morgan fingerprint density at radius 1 is 1.22 bits per heavy atom. The van der Waals surface area contributed by atoms with E-state index in [0.29, 0.717) is 0 Å². The van der Waals surface area contributed by atoms with Crippen LogP contribution in [0.1, 0.15) is 5.89 Å². The molecule has 23 heavy (non-hydrogen) atoms. The number of nitrogens with one attached hydrogen (secondary N) is 1. The first-order chi connectivity index (χ1) is 10.5. The number of halogens is 6. The number of alkyl halides is 4. The summed E-state index contributed by atoms with van der Waals surface area (Å²) in [7, 11) is -3.88. The lowest BCUT2D eigenvalue weighted by atomic mass is 10.2. The van der Waals surface area contributed by atoms with Gasteiger partial charge >= 0.3 is 12.1 Å². The van der Waals surface area contributed by atoms with Gasteiger partial charge in [-0.25, -0.2) is 8.42 Å². The van der Waals surface area contributed by atoms with Crippen molar-refractivity contribution >= 4 is 50.5 Å². The predicted octanol–water partition coefficient (Wildman–Crippen LogP) is 4.00. The van der Waals surface area contributed by atoms with Crippen molar-refractivity contribution < 1.29 is 26.1 Å². The van der Waals surface area contributed by atoms with Crippen LogP contribution in [0.5, 0.6) is 0 Å². The van der Waals surface area contributed by atoms with Gasteiger partial charge < -0.3 is 4.52 Å². The van der Waals surface area contributed by atoms with Gasteiger partial charge in [-0.1, -0.05) is 28.4 Å². The van der Waals surface area contributed by atoms with Crippen LogP contribution < -0.4 is 4.72 Å². The van der Waals surface area contributed by atoms with Crippen molar-refractivity contribution in [1.29, 1.82) is 0 Å². The van der Waals surface area contributed by atoms with Gasteiger partial charge in [-0.15, -0.1) is 11.6 Å². The second kappa shape index (κ2) is 6.34. The van der Waals surface area contributed by atoms with E-state index >= 15 is 0 Å². The fourth-order valence-electron chi connectivity index (χ4n) is 1.44. The van der Waals surface area contributed by atoms with Crippen LogP contribution in [0.2, 0.25) is 10.0 Å². The summed E-state index contributed by atoms with van der Waals surface area (Å²) in [6.45, 7) is 0. The Hall–Kier alpha value is -1.23. The Morgan fingerprint density at radius 3 is 2.39 bits per heavy atom. The van der Waals surface area contributed by atoms with Gasteiger partial charge in [0, 0.05) is 5.56 Å². The molecule has 0 radical (unpaired) electrons. The van der Waals surface area contributed by atoms with E-state index in [9.17, 15) is 21.6 Å². The number of rotatable bonds is 4. The Kier molecular flexibility index (Phi) is 5.00. The van der Waals surface area contributed by atoms with Gasteiger partial charge in [-0.05, 0) is 12.1 Å². The smallest absolute Gasteiger partial charge is 0.329 e. The first-order valence-corrected chi connectivity index (χ1v) is 8.44. The summed E-state index contributed by atoms with van der Waals surface area (Å²) >= 11 is 17.0. The molecule has 1 N–H and O–H groups in total. The molecule has 0 aliphatic carbocycles. The van der Waals surface area contributed by atoms with E-state index in [4.69, 9.17) is 34.8 Å². The Bertz CT molecular complexity index is 839. The van der Waals surface area contributed by atoms with Crippen LogP contribution in [-0.2, 0) is 16.2 Å². The molecule has 126 valence electrons. The monoisotopic (exact) mass is 409 g/mol. The summed E-state index contributed by atoms with van der Waals surface area (Å²) < 4.78 is 66.5. The summed E-state index contributed by atoms with van der Waals surface area (Å²) in [4.78, 5) is 3.17. The first kappa shape index (κ1) is 18.1. The maximum Gasteiger partial charge on any atom is 0.471 e. The van der Waals surface area contributed by atoms with Crippen LogP contribution in [0.15, 0.2) is 16.7 Å². The highest BCUT2D eigenvalue weighted by Crippen LogP contribution is 2.36. The molecule has 0 saturated carbocycles. The lowest BCUT2D eigenvalue weighted by Gasteiger charge is -2.09. The molecule has 0 bridgehead atoms. The fourth-order valence-corrected chi connectivity index (χ4v) is 2.73. The number of nitrogens with zero attached hydrogens (tertiary/aromatic N) is 2. The maximum absolute atomic E-state index is 12.5. The Balaban J connectivity index is 2.49. The zero-order chi connectivity index (χ0) is 17.4. The number of benzene rings is 1. The van der Waals surface area contributed by atoms with Crippen LogP contribution >= 0.6 is 34.8 Å². The van der Waals surface area contributed by atoms with Gasteiger partial charge in [0.25, 0.3) is 0 Å². The minimum atomic E-state index is -4.83. The van der Waals surface area contributed by atoms with Crippen molar-refractivity contribution in [3.05, 3.63) is 28.1 Å². The van der Waals surface area contributed by atoms with Gasteiger partial charge in [-0.2, -0.15) is 18.2 Å². The molecule has 0 aliphatic rings. The summed E-state index contributed by atoms with van der Waals surface area (Å²) in [5, 5.41) is 2.23. The van der Waals surface area contributed by atoms with Crippen LogP contribution in [0, 0.1) is 0 Å². The molecule has 0 fully saturated rings. The van der Waals surface area contributed by atoms with Crippen LogP contribution in [0.25, 0.3) is 11.4 Å². The quantitative estimate of drug-likeness (QED) is 0.770. The van der Waals surface area contributed by atoms with Crippen molar-refractivity contribution in [3.8, 4) is 11.4 Å². The summed E-state index contributed by atoms with van der Waals surface area (Å²) in [5.74, 6) is -2.05. The molecule has 0 spiro atoms. The summed E-state index contributed by atoms with van der Waals surface area (Å²) in [6, 6.07) is 2.19. The van der Waals surface area contributed by atoms with Crippen molar-refractivity contribution in [2.75, 3.05) is 9.93 Å². The average Bonchev–Trinajstić information content (AvgIpc) is 2.91. The largest absolute Gasteiger partial charge is 0.471 e. The highest BCUT2D eigenvalue weighted by molar-refractivity contribution is 7.93. The van der Waals surface area contributed by atoms with E-state index in [0.717, 1.165) is 12.1 Å². The van der Waals surface area contributed by atoms with Crippen LogP contribution in [0.3, 0.4) is 0 Å². The van der Waals surface area contributed by atoms with E-state index in [1.165, 1.54) is 0 Å². The lowest BCUT2D eigenvalue weighted by Crippen LogP contribution is -2.13. The maximum atomic E-state index is 12.5. The molecular formula is C10H5Cl3F3N3O3S. The SMILES string of the molecule is O=S(=O)(CCl)Nc1cc(-c2noc(C(F)(F)F)n2)c(Cl)cc1Cl. The van der Waals surface area contributed by atoms with Gasteiger partial charge in [0.05, 0.1) is 15.7 Å². The zero-order valence-electron chi connectivity index (χ0n) is 10.7. The van der Waals surface area contributed by atoms with Crippen molar-refractivity contribution in [1.82, 2.24) is 10.1 Å². The van der Waals surface area contributed by atoms with E-state index in [2.05, 4.69) is 19.4 Å². The highest BCUT2D eigenvalue weighted by Gasteiger charge is 2.38. The Labute approximate surface area is 142 Å². The van der Waals surface area contributed by atoms with Gasteiger partial charge in [0.15, 0.2) is 0 Å². The fraction of sp³-hybridized carbons (Fsp3) is 0.200. The van der Waals surface area contributed by atoms with Crippen LogP contribution in [0.4, 0.5) is 18.9 Å². The molecule has 2 rings (SSSR count). The second-order valence-electron chi connectivity index (χ2n) is 4.06. The first-order valence-electron chi connectivity index (χ1n) is 5.50. The molecule has 6 nitrogen and oxygen atoms in total. The van der Waals surface area contributed by atoms with Crippen molar-refractivity contribution in [2.24, 2.45) is 0 Å². The molecule has 0 unspecified atom stereocenters. The topological polar surface area (TPSA) is 85.1 Å². The molecular weight excluding hydrogens is 406 g/mol. The summed E-state index contributed by atoms with van der Waals surface area (Å²) in [6.07, 6.45) is -4.83. The number of hydrogen-bond acceptors (Lipinski definition) is 5. The molecule has 0 saturated heterocycles. The molecule has 1 heterocycles. The van der Waals surface area contributed by atoms with Gasteiger partial charge in [-0.3, -0.25) is 4.72 Å². The molecule has 1 aromatic carbocycles. The zero-order valence-corrected chi connectivity index (χ0v) is 13.7. The minimum Gasteiger partial charge on any atom is -0.329 e. The minimum absolute atomic E-state index is 0.0908. The molecule has 1 aromatic heterocycles. The molecule has 0 amide bonds. The van der Waals surface area contributed by atoms with E-state index in [1.807, 2.05) is 0 Å². The van der Waals surface area contributed by atoms with Crippen molar-refractivity contribution in [3.63, 3.8) is 0 Å². The molecule has 13 heteroatoms. The second-order valence-corrected chi connectivity index (χ2v) is 7.18. The third-order valence-electron chi connectivity index (χ3n) is 2.38. The third-order valence-corrected chi connectivity index (χ3v) is 4.68. The van der Waals surface area contributed by atoms with E-state index in [-0.39, 0.29) is 21.3 Å². The van der Waals surface area contributed by atoms with Gasteiger partial charge in [0.2, 0.25) is 15.8 Å². The summed E-state index contributed by atoms with van der Waals surface area (Å²) in [5.41, 5.74) is -0.257. The van der Waals surface area contributed by atoms with Crippen molar-refractivity contribution in [2.45, 2.75) is 6.18 Å². The average molecular weight is 411 g/mol. The van der Waals surface area contributed by atoms with Gasteiger partial charge in [0.1, 0.15) is 5.21 Å². The Morgan fingerprint density at radius 2 is 1.87 bits per heavy atom. The van der Waals surface area contributed by atoms with Crippen LogP contribution in [-0.4, -0.2) is 23.8 Å².